The zero-order chi connectivity index (χ0) is 14.3. The van der Waals surface area contributed by atoms with Crippen LogP contribution in [0.15, 0.2) is 0 Å². The van der Waals surface area contributed by atoms with Gasteiger partial charge >= 0.3 is 0 Å². The van der Waals surface area contributed by atoms with E-state index < -0.39 is 0 Å². The topological polar surface area (TPSA) is 15.3 Å². The molecule has 1 saturated carbocycles. The molecule has 0 saturated heterocycles. The summed E-state index contributed by atoms with van der Waals surface area (Å²) in [4.78, 5) is 2.63. The molecule has 0 heterocycles. The van der Waals surface area contributed by atoms with Crippen molar-refractivity contribution in [2.45, 2.75) is 78.3 Å². The normalized spacial score (nSPS) is 27.5. The van der Waals surface area contributed by atoms with Crippen molar-refractivity contribution >= 4 is 0 Å². The van der Waals surface area contributed by atoms with Crippen molar-refractivity contribution in [2.75, 3.05) is 20.1 Å². The first-order valence-electron chi connectivity index (χ1n) is 8.52. The Bertz CT molecular complexity index is 229. The molecule has 2 nitrogen and oxygen atoms in total. The highest BCUT2D eigenvalue weighted by Crippen LogP contribution is 2.27. The van der Waals surface area contributed by atoms with Gasteiger partial charge in [-0.2, -0.15) is 0 Å². The van der Waals surface area contributed by atoms with E-state index in [9.17, 15) is 0 Å². The van der Waals surface area contributed by atoms with E-state index in [2.05, 4.69) is 45.0 Å². The van der Waals surface area contributed by atoms with Crippen molar-refractivity contribution in [3.63, 3.8) is 0 Å². The summed E-state index contributed by atoms with van der Waals surface area (Å²) in [6.07, 6.45) is 8.17. The fourth-order valence-corrected chi connectivity index (χ4v) is 3.32. The molecule has 0 aromatic carbocycles. The second-order valence-electron chi connectivity index (χ2n) is 6.81. The largest absolute Gasteiger partial charge is 0.312 e. The number of nitrogens with one attached hydrogen (secondary N) is 1. The molecule has 0 bridgehead atoms. The van der Waals surface area contributed by atoms with Crippen LogP contribution in [0, 0.1) is 11.8 Å². The van der Waals surface area contributed by atoms with E-state index in [1.54, 1.807) is 0 Å². The monoisotopic (exact) mass is 268 g/mol. The molecule has 4 atom stereocenters. The Morgan fingerprint density at radius 1 is 1.26 bits per heavy atom. The summed E-state index contributed by atoms with van der Waals surface area (Å²) in [6.45, 7) is 11.8. The highest BCUT2D eigenvalue weighted by atomic mass is 15.2. The SMILES string of the molecule is CCCNC(CN(C)C1CCCC(C)C1)C(C)CC. The first kappa shape index (κ1) is 17.0. The summed E-state index contributed by atoms with van der Waals surface area (Å²) >= 11 is 0. The van der Waals surface area contributed by atoms with Crippen LogP contribution in [0.5, 0.6) is 0 Å². The summed E-state index contributed by atoms with van der Waals surface area (Å²) in [7, 11) is 2.34. The van der Waals surface area contributed by atoms with Gasteiger partial charge in [-0.3, -0.25) is 0 Å². The van der Waals surface area contributed by atoms with Gasteiger partial charge in [0.2, 0.25) is 0 Å². The molecule has 114 valence electrons. The molecule has 1 fully saturated rings. The lowest BCUT2D eigenvalue weighted by Crippen LogP contribution is -2.47. The summed E-state index contributed by atoms with van der Waals surface area (Å²) in [5, 5.41) is 3.76. The average molecular weight is 268 g/mol. The lowest BCUT2D eigenvalue weighted by Gasteiger charge is -2.37. The number of nitrogens with zero attached hydrogens (tertiary/aromatic N) is 1. The molecule has 1 N–H and O–H groups in total. The Kier molecular flexibility index (Phi) is 8.01. The Balaban J connectivity index is 2.46. The van der Waals surface area contributed by atoms with Crippen LogP contribution in [-0.4, -0.2) is 37.1 Å². The second kappa shape index (κ2) is 8.97. The van der Waals surface area contributed by atoms with Crippen molar-refractivity contribution < 1.29 is 0 Å². The van der Waals surface area contributed by atoms with Crippen LogP contribution in [0.25, 0.3) is 0 Å². The van der Waals surface area contributed by atoms with Gasteiger partial charge in [0.1, 0.15) is 0 Å². The standard InChI is InChI=1S/C17H36N2/c1-6-11-18-17(15(4)7-2)13-19(5)16-10-8-9-14(3)12-16/h14-18H,6-13H2,1-5H3. The third-order valence-electron chi connectivity index (χ3n) is 5.00. The van der Waals surface area contributed by atoms with E-state index in [-0.39, 0.29) is 0 Å². The van der Waals surface area contributed by atoms with Crippen molar-refractivity contribution in [2.24, 2.45) is 11.8 Å². The van der Waals surface area contributed by atoms with E-state index in [4.69, 9.17) is 0 Å². The van der Waals surface area contributed by atoms with Crippen LogP contribution in [0.3, 0.4) is 0 Å². The summed E-state index contributed by atoms with van der Waals surface area (Å²) in [6, 6.07) is 1.48. The van der Waals surface area contributed by atoms with Crippen LogP contribution in [0.1, 0.15) is 66.2 Å². The number of hydrogen-bond acceptors (Lipinski definition) is 2. The number of hydrogen-bond donors (Lipinski definition) is 1. The van der Waals surface area contributed by atoms with Gasteiger partial charge < -0.3 is 10.2 Å². The minimum absolute atomic E-state index is 0.659. The zero-order valence-corrected chi connectivity index (χ0v) is 13.9. The van der Waals surface area contributed by atoms with Gasteiger partial charge in [0.05, 0.1) is 0 Å². The minimum Gasteiger partial charge on any atom is -0.312 e. The Hall–Kier alpha value is -0.0800. The van der Waals surface area contributed by atoms with Crippen LogP contribution >= 0.6 is 0 Å². The third kappa shape index (κ3) is 5.83. The predicted molar refractivity (Wildman–Crippen MR) is 85.6 cm³/mol. The molecule has 1 aliphatic carbocycles. The lowest BCUT2D eigenvalue weighted by molar-refractivity contribution is 0.138. The molecule has 1 aliphatic rings. The molecular weight excluding hydrogens is 232 g/mol. The molecule has 0 aromatic heterocycles. The molecule has 2 heteroatoms. The van der Waals surface area contributed by atoms with Gasteiger partial charge in [-0.15, -0.1) is 0 Å². The average Bonchev–Trinajstić information content (AvgIpc) is 2.42. The summed E-state index contributed by atoms with van der Waals surface area (Å²) in [5.74, 6) is 1.70. The van der Waals surface area contributed by atoms with E-state index in [0.29, 0.717) is 6.04 Å². The fourth-order valence-electron chi connectivity index (χ4n) is 3.32. The molecule has 0 radical (unpaired) electrons. The fraction of sp³-hybridized carbons (Fsp3) is 1.00. The molecule has 4 unspecified atom stereocenters. The van der Waals surface area contributed by atoms with Crippen molar-refractivity contribution in [3.05, 3.63) is 0 Å². The maximum Gasteiger partial charge on any atom is 0.0220 e. The minimum atomic E-state index is 0.659. The van der Waals surface area contributed by atoms with Crippen LogP contribution in [0.2, 0.25) is 0 Å². The Morgan fingerprint density at radius 2 is 2.00 bits per heavy atom. The van der Waals surface area contributed by atoms with Gasteiger partial charge in [-0.05, 0) is 44.7 Å². The molecule has 0 amide bonds. The molecule has 0 spiro atoms. The van der Waals surface area contributed by atoms with E-state index in [1.165, 1.54) is 45.1 Å². The third-order valence-corrected chi connectivity index (χ3v) is 5.00. The first-order chi connectivity index (χ1) is 9.08. The summed E-state index contributed by atoms with van der Waals surface area (Å²) in [5.41, 5.74) is 0. The Labute approximate surface area is 121 Å². The van der Waals surface area contributed by atoms with Crippen LogP contribution in [0.4, 0.5) is 0 Å². The molecule has 19 heavy (non-hydrogen) atoms. The smallest absolute Gasteiger partial charge is 0.0220 e. The molecule has 0 aromatic rings. The predicted octanol–water partition coefficient (Wildman–Crippen LogP) is 3.91. The quantitative estimate of drug-likeness (QED) is 0.718. The zero-order valence-electron chi connectivity index (χ0n) is 13.9. The van der Waals surface area contributed by atoms with Crippen LogP contribution in [-0.2, 0) is 0 Å². The highest BCUT2D eigenvalue weighted by Gasteiger charge is 2.25. The van der Waals surface area contributed by atoms with Gasteiger partial charge in [0.25, 0.3) is 0 Å². The van der Waals surface area contributed by atoms with Crippen molar-refractivity contribution in [1.29, 1.82) is 0 Å². The van der Waals surface area contributed by atoms with E-state index >= 15 is 0 Å². The van der Waals surface area contributed by atoms with E-state index in [1.807, 2.05) is 0 Å². The second-order valence-corrected chi connectivity index (χ2v) is 6.81. The maximum atomic E-state index is 3.76. The molecular formula is C17H36N2. The molecule has 1 rings (SSSR count). The van der Waals surface area contributed by atoms with Crippen molar-refractivity contribution in [3.8, 4) is 0 Å². The van der Waals surface area contributed by atoms with Gasteiger partial charge in [0.15, 0.2) is 0 Å². The Morgan fingerprint density at radius 3 is 2.58 bits per heavy atom. The lowest BCUT2D eigenvalue weighted by atomic mass is 9.86. The van der Waals surface area contributed by atoms with Gasteiger partial charge in [-0.1, -0.05) is 47.0 Å². The van der Waals surface area contributed by atoms with Gasteiger partial charge in [0, 0.05) is 18.6 Å². The molecule has 0 aliphatic heterocycles. The van der Waals surface area contributed by atoms with Crippen LogP contribution < -0.4 is 5.32 Å². The number of likely N-dealkylation sites (N-methyl/N-ethyl adjacent to an activating group) is 1. The first-order valence-corrected chi connectivity index (χ1v) is 8.52. The van der Waals surface area contributed by atoms with Crippen molar-refractivity contribution in [1.82, 2.24) is 10.2 Å². The highest BCUT2D eigenvalue weighted by molar-refractivity contribution is 4.82. The summed E-state index contributed by atoms with van der Waals surface area (Å²) < 4.78 is 0. The number of rotatable bonds is 8. The maximum absolute atomic E-state index is 3.76. The van der Waals surface area contributed by atoms with E-state index in [0.717, 1.165) is 24.4 Å². The van der Waals surface area contributed by atoms with Gasteiger partial charge in [-0.25, -0.2) is 0 Å².